The van der Waals surface area contributed by atoms with Gasteiger partial charge in [-0.05, 0) is 61.8 Å². The molecule has 0 bridgehead atoms. The first-order valence-electron chi connectivity index (χ1n) is 8.47. The van der Waals surface area contributed by atoms with E-state index in [0.29, 0.717) is 0 Å². The summed E-state index contributed by atoms with van der Waals surface area (Å²) in [6, 6.07) is 10.2. The lowest BCUT2D eigenvalue weighted by Crippen LogP contribution is -2.52. The standard InChI is InChI=1S/C20H21N3O2S/c1-5-14-8-6-7-9-17(14)23-12(2)10-15(13(23)3)11-16-18(24)21-20(26)22(4)19(16)25/h6-11H,5H2,1-4H3,(H,21,24,26)/b16-11+. The number of benzene rings is 1. The molecule has 1 fully saturated rings. The fraction of sp³-hybridized carbons (Fsp3) is 0.250. The van der Waals surface area contributed by atoms with Crippen molar-refractivity contribution >= 4 is 35.2 Å². The van der Waals surface area contributed by atoms with Crippen LogP contribution in [0.1, 0.15) is 29.4 Å². The molecule has 3 rings (SSSR count). The molecule has 26 heavy (non-hydrogen) atoms. The third kappa shape index (κ3) is 2.97. The Labute approximate surface area is 158 Å². The number of thiocarbonyl (C=S) groups is 1. The number of carbonyl (C=O) groups is 2. The predicted molar refractivity (Wildman–Crippen MR) is 106 cm³/mol. The van der Waals surface area contributed by atoms with Gasteiger partial charge in [0, 0.05) is 24.1 Å². The highest BCUT2D eigenvalue weighted by atomic mass is 32.1. The monoisotopic (exact) mass is 367 g/mol. The molecule has 1 aromatic heterocycles. The lowest BCUT2D eigenvalue weighted by Gasteiger charge is -2.25. The van der Waals surface area contributed by atoms with Crippen molar-refractivity contribution in [2.24, 2.45) is 0 Å². The predicted octanol–water partition coefficient (Wildman–Crippen LogP) is 2.91. The van der Waals surface area contributed by atoms with Crippen LogP contribution in [0, 0.1) is 13.8 Å². The van der Waals surface area contributed by atoms with Gasteiger partial charge in [-0.1, -0.05) is 25.1 Å². The molecule has 1 N–H and O–H groups in total. The Morgan fingerprint density at radius 3 is 2.58 bits per heavy atom. The van der Waals surface area contributed by atoms with E-state index in [1.54, 1.807) is 13.1 Å². The molecule has 0 radical (unpaired) electrons. The molecule has 0 aliphatic carbocycles. The molecule has 2 aromatic rings. The Balaban J connectivity index is 2.10. The molecule has 6 heteroatoms. The summed E-state index contributed by atoms with van der Waals surface area (Å²) in [5.41, 5.74) is 5.31. The Morgan fingerprint density at radius 2 is 1.88 bits per heavy atom. The molecule has 1 aliphatic rings. The molecule has 0 atom stereocenters. The van der Waals surface area contributed by atoms with Crippen molar-refractivity contribution in [2.75, 3.05) is 7.05 Å². The summed E-state index contributed by atoms with van der Waals surface area (Å²) in [7, 11) is 1.55. The maximum atomic E-state index is 12.4. The maximum absolute atomic E-state index is 12.4. The molecule has 1 aliphatic heterocycles. The van der Waals surface area contributed by atoms with Crippen molar-refractivity contribution in [1.29, 1.82) is 0 Å². The summed E-state index contributed by atoms with van der Waals surface area (Å²) < 4.78 is 2.16. The molecular weight excluding hydrogens is 346 g/mol. The fourth-order valence-corrected chi connectivity index (χ4v) is 3.41. The number of rotatable bonds is 3. The second-order valence-corrected chi connectivity index (χ2v) is 6.71. The average Bonchev–Trinajstić information content (AvgIpc) is 2.90. The fourth-order valence-electron chi connectivity index (χ4n) is 3.23. The third-order valence-electron chi connectivity index (χ3n) is 4.69. The molecule has 134 valence electrons. The van der Waals surface area contributed by atoms with E-state index in [1.165, 1.54) is 10.5 Å². The highest BCUT2D eigenvalue weighted by Gasteiger charge is 2.31. The second-order valence-electron chi connectivity index (χ2n) is 6.33. The smallest absolute Gasteiger partial charge is 0.265 e. The number of aromatic nitrogens is 1. The van der Waals surface area contributed by atoms with Crippen LogP contribution in [-0.2, 0) is 16.0 Å². The van der Waals surface area contributed by atoms with Crippen LogP contribution in [0.2, 0.25) is 0 Å². The van der Waals surface area contributed by atoms with E-state index in [4.69, 9.17) is 12.2 Å². The van der Waals surface area contributed by atoms with Gasteiger partial charge in [-0.3, -0.25) is 19.8 Å². The molecule has 0 spiro atoms. The van der Waals surface area contributed by atoms with Crippen LogP contribution in [-0.4, -0.2) is 33.4 Å². The number of carbonyl (C=O) groups excluding carboxylic acids is 2. The number of hydrogen-bond donors (Lipinski definition) is 1. The lowest BCUT2D eigenvalue weighted by atomic mass is 10.1. The number of aryl methyl sites for hydroxylation is 2. The van der Waals surface area contributed by atoms with Gasteiger partial charge < -0.3 is 4.57 Å². The van der Waals surface area contributed by atoms with Crippen LogP contribution in [0.4, 0.5) is 0 Å². The van der Waals surface area contributed by atoms with Gasteiger partial charge in [0.15, 0.2) is 5.11 Å². The lowest BCUT2D eigenvalue weighted by molar-refractivity contribution is -0.128. The number of nitrogens with one attached hydrogen (secondary N) is 1. The normalized spacial score (nSPS) is 16.4. The van der Waals surface area contributed by atoms with Gasteiger partial charge in [0.25, 0.3) is 11.8 Å². The molecule has 2 heterocycles. The maximum Gasteiger partial charge on any atom is 0.265 e. The summed E-state index contributed by atoms with van der Waals surface area (Å²) in [5, 5.41) is 2.67. The number of para-hydroxylation sites is 1. The minimum atomic E-state index is -0.461. The average molecular weight is 367 g/mol. The van der Waals surface area contributed by atoms with Crippen molar-refractivity contribution in [3.8, 4) is 5.69 Å². The van der Waals surface area contributed by atoms with Crippen LogP contribution >= 0.6 is 12.2 Å². The summed E-state index contributed by atoms with van der Waals surface area (Å²) >= 11 is 4.98. The first kappa shape index (κ1) is 18.1. The van der Waals surface area contributed by atoms with Gasteiger partial charge in [0.1, 0.15) is 5.57 Å². The number of likely N-dealkylation sites (N-methyl/N-ethyl adjacent to an activating group) is 1. The van der Waals surface area contributed by atoms with Gasteiger partial charge >= 0.3 is 0 Å². The molecule has 2 amide bonds. The minimum Gasteiger partial charge on any atom is -0.318 e. The first-order chi connectivity index (χ1) is 12.3. The van der Waals surface area contributed by atoms with E-state index >= 15 is 0 Å². The summed E-state index contributed by atoms with van der Waals surface area (Å²) in [4.78, 5) is 25.9. The second kappa shape index (κ2) is 6.88. The van der Waals surface area contributed by atoms with Crippen molar-refractivity contribution in [2.45, 2.75) is 27.2 Å². The zero-order chi connectivity index (χ0) is 19.0. The number of hydrogen-bond acceptors (Lipinski definition) is 3. The number of amides is 2. The molecule has 5 nitrogen and oxygen atoms in total. The Kier molecular flexibility index (Phi) is 4.78. The van der Waals surface area contributed by atoms with Crippen molar-refractivity contribution in [3.05, 3.63) is 58.4 Å². The molecule has 1 saturated heterocycles. The van der Waals surface area contributed by atoms with Crippen LogP contribution in [0.3, 0.4) is 0 Å². The van der Waals surface area contributed by atoms with E-state index in [0.717, 1.165) is 29.1 Å². The van der Waals surface area contributed by atoms with Gasteiger partial charge in [0.2, 0.25) is 0 Å². The summed E-state index contributed by atoms with van der Waals surface area (Å²) in [5.74, 6) is -0.852. The zero-order valence-electron chi connectivity index (χ0n) is 15.3. The molecule has 0 saturated carbocycles. The third-order valence-corrected chi connectivity index (χ3v) is 5.06. The van der Waals surface area contributed by atoms with E-state index in [9.17, 15) is 9.59 Å². The molecule has 1 aromatic carbocycles. The number of nitrogens with zero attached hydrogens (tertiary/aromatic N) is 2. The highest BCUT2D eigenvalue weighted by molar-refractivity contribution is 7.80. The zero-order valence-corrected chi connectivity index (χ0v) is 16.1. The van der Waals surface area contributed by atoms with E-state index in [-0.39, 0.29) is 10.7 Å². The Hall–Kier alpha value is -2.73. The van der Waals surface area contributed by atoms with Crippen molar-refractivity contribution in [1.82, 2.24) is 14.8 Å². The minimum absolute atomic E-state index is 0.0881. The summed E-state index contributed by atoms with van der Waals surface area (Å²) in [6.45, 7) is 6.14. The SMILES string of the molecule is CCc1ccccc1-n1c(C)cc(/C=C2\C(=O)NC(=S)N(C)C2=O)c1C. The van der Waals surface area contributed by atoms with Gasteiger partial charge in [-0.15, -0.1) is 0 Å². The van der Waals surface area contributed by atoms with Crippen molar-refractivity contribution < 1.29 is 9.59 Å². The van der Waals surface area contributed by atoms with Gasteiger partial charge in [-0.25, -0.2) is 0 Å². The van der Waals surface area contributed by atoms with Gasteiger partial charge in [0.05, 0.1) is 0 Å². The van der Waals surface area contributed by atoms with E-state index in [2.05, 4.69) is 28.9 Å². The first-order valence-corrected chi connectivity index (χ1v) is 8.88. The quantitative estimate of drug-likeness (QED) is 0.516. The summed E-state index contributed by atoms with van der Waals surface area (Å²) in [6.07, 6.45) is 2.57. The Bertz CT molecular complexity index is 956. The topological polar surface area (TPSA) is 54.3 Å². The van der Waals surface area contributed by atoms with E-state index in [1.807, 2.05) is 32.0 Å². The van der Waals surface area contributed by atoms with Crippen LogP contribution < -0.4 is 5.32 Å². The highest BCUT2D eigenvalue weighted by Crippen LogP contribution is 2.26. The van der Waals surface area contributed by atoms with Crippen LogP contribution in [0.25, 0.3) is 11.8 Å². The van der Waals surface area contributed by atoms with Gasteiger partial charge in [-0.2, -0.15) is 0 Å². The van der Waals surface area contributed by atoms with Crippen LogP contribution in [0.15, 0.2) is 35.9 Å². The largest absolute Gasteiger partial charge is 0.318 e. The molecule has 0 unspecified atom stereocenters. The van der Waals surface area contributed by atoms with Crippen molar-refractivity contribution in [3.63, 3.8) is 0 Å². The van der Waals surface area contributed by atoms with Crippen LogP contribution in [0.5, 0.6) is 0 Å². The van der Waals surface area contributed by atoms with E-state index < -0.39 is 11.8 Å². The Morgan fingerprint density at radius 1 is 1.19 bits per heavy atom. The molecular formula is C20H21N3O2S.